The predicted octanol–water partition coefficient (Wildman–Crippen LogP) is 0.872. The fraction of sp³-hybridized carbons (Fsp3) is 0.685. The summed E-state index contributed by atoms with van der Waals surface area (Å²) in [7, 11) is 1.55. The second kappa shape index (κ2) is 38.9. The summed E-state index contributed by atoms with van der Waals surface area (Å²) in [6, 6.07) is 6.23. The number of carboxylic acids is 1. The van der Waals surface area contributed by atoms with Crippen LogP contribution in [0.1, 0.15) is 71.0 Å². The lowest BCUT2D eigenvalue weighted by Crippen LogP contribution is -2.46. The zero-order chi connectivity index (χ0) is 59.7. The van der Waals surface area contributed by atoms with Gasteiger partial charge in [-0.15, -0.1) is 6.58 Å². The lowest BCUT2D eigenvalue weighted by Gasteiger charge is -2.23. The van der Waals surface area contributed by atoms with Crippen molar-refractivity contribution < 1.29 is 86.2 Å². The summed E-state index contributed by atoms with van der Waals surface area (Å²) in [6.07, 6.45) is 0.556. The minimum absolute atomic E-state index is 0.0256. The number of nitrogens with one attached hydrogen (secondary N) is 3. The first kappa shape index (κ1) is 68.8. The van der Waals surface area contributed by atoms with Crippen molar-refractivity contribution in [3.8, 4) is 0 Å². The zero-order valence-corrected chi connectivity index (χ0v) is 47.6. The highest BCUT2D eigenvalue weighted by atomic mass is 16.8. The third kappa shape index (κ3) is 23.5. The molecule has 28 nitrogen and oxygen atoms in total. The van der Waals surface area contributed by atoms with E-state index in [9.17, 15) is 39.0 Å². The number of unbranched alkanes of at least 4 members (excludes halogenated alkanes) is 2. The number of aromatic nitrogens is 4. The van der Waals surface area contributed by atoms with Crippen molar-refractivity contribution in [3.05, 3.63) is 63.3 Å². The number of aromatic amines is 1. The predicted molar refractivity (Wildman–Crippen MR) is 297 cm³/mol. The molecule has 1 aromatic carbocycles. The third-order valence-corrected chi connectivity index (χ3v) is 12.6. The van der Waals surface area contributed by atoms with Gasteiger partial charge in [0.25, 0.3) is 5.56 Å². The molecular formula is C54H86N8O20. The second-order valence-electron chi connectivity index (χ2n) is 19.2. The Kier molecular flexibility index (Phi) is 32.6. The van der Waals surface area contributed by atoms with Gasteiger partial charge in [-0.05, 0) is 24.5 Å². The Balaban J connectivity index is 0.000000383. The number of nitrogens with two attached hydrogens (primary N) is 2. The first-order valence-corrected chi connectivity index (χ1v) is 27.6. The number of hydrogen-bond donors (Lipinski definition) is 7. The van der Waals surface area contributed by atoms with Gasteiger partial charge in [-0.3, -0.25) is 33.5 Å². The van der Waals surface area contributed by atoms with Crippen molar-refractivity contribution in [2.24, 2.45) is 11.8 Å². The molecule has 0 saturated carbocycles. The maximum Gasteiger partial charge on any atom is 0.333 e. The number of rotatable bonds is 43. The van der Waals surface area contributed by atoms with Gasteiger partial charge in [0, 0.05) is 31.3 Å². The molecule has 0 aliphatic carbocycles. The molecule has 0 radical (unpaired) electrons. The molecule has 462 valence electrons. The number of allylic oxidation sites excluding steroid dienone is 1. The molecule has 0 bridgehead atoms. The number of anilines is 2. The minimum Gasteiger partial charge on any atom is -0.481 e. The molecule has 9 N–H and O–H groups in total. The summed E-state index contributed by atoms with van der Waals surface area (Å²) in [6.45, 7) is 15.3. The molecule has 2 amide bonds. The third-order valence-electron chi connectivity index (χ3n) is 12.6. The molecule has 2 aliphatic heterocycles. The summed E-state index contributed by atoms with van der Waals surface area (Å²) in [5, 5.41) is 24.5. The van der Waals surface area contributed by atoms with Gasteiger partial charge in [-0.1, -0.05) is 58.2 Å². The van der Waals surface area contributed by atoms with E-state index in [-0.39, 0.29) is 80.7 Å². The monoisotopic (exact) mass is 1170 g/mol. The van der Waals surface area contributed by atoms with E-state index < -0.39 is 65.9 Å². The number of ether oxygens (including phenoxy) is 12. The average Bonchev–Trinajstić information content (AvgIpc) is 4.17. The number of ketones is 1. The molecule has 0 spiro atoms. The number of aliphatic carboxylic acids is 1. The molecule has 2 aliphatic rings. The van der Waals surface area contributed by atoms with Crippen molar-refractivity contribution in [1.29, 1.82) is 0 Å². The van der Waals surface area contributed by atoms with Crippen LogP contribution in [-0.4, -0.2) is 210 Å². The maximum atomic E-state index is 13.3. The smallest absolute Gasteiger partial charge is 0.333 e. The number of H-pyrrole nitrogens is 1. The Labute approximate surface area is 476 Å². The number of imidazole rings is 1. The fourth-order valence-corrected chi connectivity index (χ4v) is 8.44. The van der Waals surface area contributed by atoms with Crippen LogP contribution in [0.3, 0.4) is 0 Å². The van der Waals surface area contributed by atoms with Gasteiger partial charge < -0.3 is 89.2 Å². The number of hydrogen-bond acceptors (Lipinski definition) is 22. The summed E-state index contributed by atoms with van der Waals surface area (Å²) >= 11 is 0. The number of likely N-dealkylation sites (N-methyl/N-ethyl adjacent to an activating group) is 1. The first-order valence-electron chi connectivity index (χ1n) is 27.6. The number of carboxylic acid groups (broad SMARTS) is 1. The van der Waals surface area contributed by atoms with Crippen molar-refractivity contribution in [2.45, 2.75) is 96.3 Å². The van der Waals surface area contributed by atoms with E-state index in [2.05, 4.69) is 27.2 Å². The molecule has 5 rings (SSSR count). The van der Waals surface area contributed by atoms with E-state index in [1.807, 2.05) is 20.8 Å². The highest BCUT2D eigenvalue weighted by Gasteiger charge is 2.54. The minimum atomic E-state index is -1.01. The molecule has 2 fully saturated rings. The van der Waals surface area contributed by atoms with Gasteiger partial charge >= 0.3 is 11.7 Å². The van der Waals surface area contributed by atoms with Crippen LogP contribution in [0.5, 0.6) is 0 Å². The van der Waals surface area contributed by atoms with E-state index in [1.54, 1.807) is 31.3 Å². The van der Waals surface area contributed by atoms with Crippen molar-refractivity contribution in [3.63, 3.8) is 0 Å². The average molecular weight is 1170 g/mol. The highest BCUT2D eigenvalue weighted by Crippen LogP contribution is 2.44. The largest absolute Gasteiger partial charge is 0.481 e. The Morgan fingerprint density at radius 2 is 1.26 bits per heavy atom. The summed E-state index contributed by atoms with van der Waals surface area (Å²) in [5.74, 6) is -2.94. The van der Waals surface area contributed by atoms with Crippen LogP contribution < -0.4 is 33.3 Å². The van der Waals surface area contributed by atoms with Crippen LogP contribution in [0.25, 0.3) is 11.2 Å². The van der Waals surface area contributed by atoms with Crippen LogP contribution >= 0.6 is 0 Å². The van der Waals surface area contributed by atoms with Gasteiger partial charge in [-0.25, -0.2) is 9.36 Å². The number of carbonyl (C=O) groups is 4. The molecule has 2 unspecified atom stereocenters. The summed E-state index contributed by atoms with van der Waals surface area (Å²) in [5.41, 5.74) is 11.8. The molecule has 28 heteroatoms. The molecule has 2 aromatic heterocycles. The lowest BCUT2D eigenvalue weighted by molar-refractivity contribution is -0.154. The van der Waals surface area contributed by atoms with Crippen molar-refractivity contribution >= 4 is 46.4 Å². The number of fused-ring (bicyclic) bond motifs is 2. The normalized spacial score (nSPS) is 18.2. The van der Waals surface area contributed by atoms with Gasteiger partial charge in [0.15, 0.2) is 29.5 Å². The van der Waals surface area contributed by atoms with Crippen LogP contribution in [0.4, 0.5) is 11.6 Å². The first-order chi connectivity index (χ1) is 39.6. The van der Waals surface area contributed by atoms with E-state index in [0.29, 0.717) is 105 Å². The quantitative estimate of drug-likeness (QED) is 0.0235. The van der Waals surface area contributed by atoms with E-state index in [4.69, 9.17) is 68.3 Å². The van der Waals surface area contributed by atoms with Crippen LogP contribution in [0.15, 0.2) is 46.5 Å². The second-order valence-corrected chi connectivity index (χ2v) is 19.2. The molecule has 4 heterocycles. The number of Topliss-reactive ketones (excluding diaryl/α,β-unsaturated/α-hetero) is 1. The van der Waals surface area contributed by atoms with Gasteiger partial charge in [-0.2, -0.15) is 4.98 Å². The number of aliphatic hydroxyl groups excluding tert-OH is 1. The highest BCUT2D eigenvalue weighted by molar-refractivity contribution is 5.91. The SMILES string of the molecule is C=CCn1c(=O)n(C2O[C@H](CO)[C@H]3OC(c4ccc(N)cc4)O[C@@H]23)c2nc(N)[nH]c(=O)c21.CCCCC[C@H](CC(=O)[C@@H](NC(=O)COCCOCCOCCOCCOCCOCCOCCOCCOCC(=O)NC)C(C)C)C(=O)O. The van der Waals surface area contributed by atoms with Crippen LogP contribution in [0, 0.1) is 11.8 Å². The summed E-state index contributed by atoms with van der Waals surface area (Å²) < 4.78 is 69.0. The van der Waals surface area contributed by atoms with Gasteiger partial charge in [0.1, 0.15) is 31.5 Å². The van der Waals surface area contributed by atoms with Crippen LogP contribution in [-0.2, 0) is 82.6 Å². The molecular weight excluding hydrogens is 1080 g/mol. The molecule has 2 saturated heterocycles. The number of benzene rings is 1. The van der Waals surface area contributed by atoms with E-state index in [0.717, 1.165) is 24.8 Å². The summed E-state index contributed by atoms with van der Waals surface area (Å²) in [4.78, 5) is 80.1. The number of nitrogens with zero attached hydrogens (tertiary/aromatic N) is 3. The lowest BCUT2D eigenvalue weighted by atomic mass is 9.89. The Hall–Kier alpha value is -5.73. The molecule has 82 heavy (non-hydrogen) atoms. The Bertz CT molecular complexity index is 2470. The van der Waals surface area contributed by atoms with Crippen LogP contribution in [0.2, 0.25) is 0 Å². The van der Waals surface area contributed by atoms with Gasteiger partial charge in [0.05, 0.1) is 124 Å². The van der Waals surface area contributed by atoms with E-state index in [1.165, 1.54) is 15.2 Å². The Morgan fingerprint density at radius 1 is 0.756 bits per heavy atom. The zero-order valence-electron chi connectivity index (χ0n) is 47.6. The number of nitrogen functional groups attached to an aromatic ring is 2. The maximum absolute atomic E-state index is 13.3. The van der Waals surface area contributed by atoms with Gasteiger partial charge in [0.2, 0.25) is 17.8 Å². The Morgan fingerprint density at radius 3 is 1.72 bits per heavy atom. The topological polar surface area (TPSA) is 368 Å². The van der Waals surface area contributed by atoms with E-state index >= 15 is 0 Å². The van der Waals surface area contributed by atoms with Crippen molar-refractivity contribution in [2.75, 3.05) is 144 Å². The number of carbonyl (C=O) groups excluding carboxylic acids is 3. The number of amides is 2. The molecule has 7 atom stereocenters. The number of aliphatic hydroxyl groups is 1. The standard InChI is InChI=1S/C34H64N2O14.C20H22N6O6/c1-5-6-7-8-29(34(40)41)25-30(37)33(28(2)3)36-32(39)27-50-24-22-48-20-18-46-16-14-44-12-10-42-9-11-43-13-15-45-17-19-47-21-23-49-26-31(38)35-4;1-2-7-25-12-15(23-19(22)24-16(12)28)26(20(25)29)17-14-13(11(8-27)30-17)31-18(32-14)9-3-5-10(21)6-4-9/h28-29,33H,5-27H2,1-4H3,(H,35,38)(H,36,39)(H,40,41);2-6,11,13-14,17-18,27H,1,7-8,21H2,(H3,22,23,24,28)/t29-,33+;11-,13-,14-,17?,18?/m11/s1. The molecule has 3 aromatic rings. The fourth-order valence-electron chi connectivity index (χ4n) is 8.44. The van der Waals surface area contributed by atoms with Crippen molar-refractivity contribution in [1.82, 2.24) is 29.7 Å².